The van der Waals surface area contributed by atoms with Crippen LogP contribution in [0, 0.1) is 17.7 Å². The predicted molar refractivity (Wildman–Crippen MR) is 127 cm³/mol. The third-order valence-corrected chi connectivity index (χ3v) is 7.87. The fourth-order valence-electron chi connectivity index (χ4n) is 4.15. The van der Waals surface area contributed by atoms with Crippen LogP contribution < -0.4 is 10.1 Å². The summed E-state index contributed by atoms with van der Waals surface area (Å²) in [7, 11) is -1.90. The summed E-state index contributed by atoms with van der Waals surface area (Å²) in [6, 6.07) is 13.1. The summed E-state index contributed by atoms with van der Waals surface area (Å²) in [6.07, 6.45) is 1.76. The number of nitrogens with one attached hydrogen (secondary N) is 1. The van der Waals surface area contributed by atoms with Crippen molar-refractivity contribution in [1.29, 1.82) is 0 Å². The Kier molecular flexibility index (Phi) is 8.48. The van der Waals surface area contributed by atoms with Crippen molar-refractivity contribution in [3.05, 3.63) is 65.5 Å². The van der Waals surface area contributed by atoms with Crippen molar-refractivity contribution in [2.75, 3.05) is 20.2 Å². The second-order valence-corrected chi connectivity index (χ2v) is 11.0. The lowest BCUT2D eigenvalue weighted by Crippen LogP contribution is -2.44. The summed E-state index contributed by atoms with van der Waals surface area (Å²) >= 11 is 0. The number of piperidine rings is 1. The van der Waals surface area contributed by atoms with Crippen molar-refractivity contribution in [1.82, 2.24) is 9.62 Å². The summed E-state index contributed by atoms with van der Waals surface area (Å²) < 4.78 is 45.3. The lowest BCUT2D eigenvalue weighted by atomic mass is 9.93. The number of ether oxygens (including phenoxy) is 1. The zero-order chi connectivity index (χ0) is 24.0. The molecule has 3 rings (SSSR count). The van der Waals surface area contributed by atoms with Gasteiger partial charge in [-0.25, -0.2) is 17.1 Å². The van der Waals surface area contributed by atoms with E-state index in [4.69, 9.17) is 4.74 Å². The maximum Gasteiger partial charge on any atom is 0.223 e. The number of hydrogen-bond acceptors (Lipinski definition) is 4. The number of benzene rings is 2. The summed E-state index contributed by atoms with van der Waals surface area (Å²) in [6.45, 7) is 4.85. The van der Waals surface area contributed by atoms with E-state index in [1.807, 2.05) is 24.3 Å². The Hall–Kier alpha value is -2.45. The molecule has 1 aliphatic heterocycles. The normalized spacial score (nSPS) is 16.5. The maximum atomic E-state index is 13.1. The summed E-state index contributed by atoms with van der Waals surface area (Å²) in [5.41, 5.74) is 1.57. The van der Waals surface area contributed by atoms with Crippen LogP contribution in [0.4, 0.5) is 4.39 Å². The monoisotopic (exact) mass is 476 g/mol. The number of rotatable bonds is 9. The van der Waals surface area contributed by atoms with Gasteiger partial charge in [-0.3, -0.25) is 4.79 Å². The first-order valence-corrected chi connectivity index (χ1v) is 13.0. The molecule has 1 atom stereocenters. The number of sulfonamides is 1. The Bertz CT molecular complexity index is 1020. The molecule has 8 heteroatoms. The van der Waals surface area contributed by atoms with E-state index in [0.29, 0.717) is 37.4 Å². The molecule has 2 aromatic carbocycles. The van der Waals surface area contributed by atoms with Crippen LogP contribution in [0.15, 0.2) is 48.5 Å². The molecular formula is C25H33FN2O4S. The van der Waals surface area contributed by atoms with E-state index in [9.17, 15) is 17.6 Å². The molecule has 1 N–H and O–H groups in total. The molecule has 0 aliphatic carbocycles. The van der Waals surface area contributed by atoms with Crippen molar-refractivity contribution in [3.8, 4) is 5.75 Å². The van der Waals surface area contributed by atoms with Gasteiger partial charge in [0.05, 0.1) is 18.9 Å². The molecule has 0 bridgehead atoms. The molecule has 0 radical (unpaired) electrons. The smallest absolute Gasteiger partial charge is 0.223 e. The predicted octanol–water partition coefficient (Wildman–Crippen LogP) is 4.28. The van der Waals surface area contributed by atoms with E-state index in [-0.39, 0.29) is 23.6 Å². The van der Waals surface area contributed by atoms with Gasteiger partial charge in [-0.1, -0.05) is 38.1 Å². The van der Waals surface area contributed by atoms with E-state index in [1.165, 1.54) is 28.6 Å². The fraction of sp³-hybridized carbons (Fsp3) is 0.480. The van der Waals surface area contributed by atoms with Gasteiger partial charge in [-0.05, 0) is 60.6 Å². The van der Waals surface area contributed by atoms with Crippen LogP contribution in [-0.2, 0) is 20.6 Å². The molecule has 33 heavy (non-hydrogen) atoms. The van der Waals surface area contributed by atoms with Gasteiger partial charge in [0.15, 0.2) is 0 Å². The fourth-order valence-corrected chi connectivity index (χ4v) is 5.72. The number of carbonyl (C=O) groups excluding carboxylic acids is 1. The molecule has 180 valence electrons. The van der Waals surface area contributed by atoms with Crippen molar-refractivity contribution in [2.24, 2.45) is 11.8 Å². The highest BCUT2D eigenvalue weighted by atomic mass is 32.2. The third kappa shape index (κ3) is 7.01. The Morgan fingerprint density at radius 3 is 2.24 bits per heavy atom. The van der Waals surface area contributed by atoms with Crippen LogP contribution in [0.25, 0.3) is 0 Å². The summed E-state index contributed by atoms with van der Waals surface area (Å²) in [4.78, 5) is 13.0. The molecule has 1 fully saturated rings. The highest BCUT2D eigenvalue weighted by Crippen LogP contribution is 2.27. The maximum absolute atomic E-state index is 13.1. The highest BCUT2D eigenvalue weighted by molar-refractivity contribution is 7.88. The quantitative estimate of drug-likeness (QED) is 0.586. The van der Waals surface area contributed by atoms with Gasteiger partial charge in [0.25, 0.3) is 0 Å². The molecule has 2 aromatic rings. The molecule has 1 heterocycles. The largest absolute Gasteiger partial charge is 0.497 e. The van der Waals surface area contributed by atoms with Gasteiger partial charge >= 0.3 is 0 Å². The second-order valence-electron chi connectivity index (χ2n) is 9.02. The lowest BCUT2D eigenvalue weighted by Gasteiger charge is -2.32. The van der Waals surface area contributed by atoms with Crippen LogP contribution >= 0.6 is 0 Å². The first-order chi connectivity index (χ1) is 15.7. The third-order valence-electron chi connectivity index (χ3n) is 6.02. The Morgan fingerprint density at radius 2 is 1.70 bits per heavy atom. The van der Waals surface area contributed by atoms with E-state index >= 15 is 0 Å². The first kappa shape index (κ1) is 25.2. The first-order valence-electron chi connectivity index (χ1n) is 11.3. The van der Waals surface area contributed by atoms with E-state index < -0.39 is 15.8 Å². The summed E-state index contributed by atoms with van der Waals surface area (Å²) in [5.74, 6) is 0.340. The van der Waals surface area contributed by atoms with Crippen LogP contribution in [0.5, 0.6) is 5.75 Å². The van der Waals surface area contributed by atoms with Crippen molar-refractivity contribution < 1.29 is 22.3 Å². The van der Waals surface area contributed by atoms with Crippen LogP contribution in [0.1, 0.15) is 50.3 Å². The zero-order valence-electron chi connectivity index (χ0n) is 19.5. The number of nitrogens with zero attached hydrogens (tertiary/aromatic N) is 1. The van der Waals surface area contributed by atoms with Gasteiger partial charge in [-0.2, -0.15) is 0 Å². The molecule has 1 amide bonds. The Morgan fingerprint density at radius 1 is 1.09 bits per heavy atom. The van der Waals surface area contributed by atoms with Crippen molar-refractivity contribution >= 4 is 15.9 Å². The number of hydrogen-bond donors (Lipinski definition) is 1. The molecule has 1 saturated heterocycles. The molecule has 0 unspecified atom stereocenters. The molecular weight excluding hydrogens is 443 g/mol. The number of methoxy groups -OCH3 is 1. The van der Waals surface area contributed by atoms with E-state index in [1.54, 1.807) is 7.11 Å². The average molecular weight is 477 g/mol. The number of halogens is 1. The molecule has 6 nitrogen and oxygen atoms in total. The average Bonchev–Trinajstić information content (AvgIpc) is 2.80. The molecule has 1 aliphatic rings. The van der Waals surface area contributed by atoms with Crippen LogP contribution in [0.3, 0.4) is 0 Å². The van der Waals surface area contributed by atoms with Gasteiger partial charge in [-0.15, -0.1) is 0 Å². The van der Waals surface area contributed by atoms with Crippen molar-refractivity contribution in [2.45, 2.75) is 44.9 Å². The van der Waals surface area contributed by atoms with Crippen LogP contribution in [0.2, 0.25) is 0 Å². The Labute approximate surface area is 196 Å². The summed E-state index contributed by atoms with van der Waals surface area (Å²) in [5, 5.41) is 3.19. The molecule has 0 aromatic heterocycles. The van der Waals surface area contributed by atoms with Gasteiger partial charge in [0.1, 0.15) is 11.6 Å². The topological polar surface area (TPSA) is 75.7 Å². The number of carbonyl (C=O) groups is 1. The molecule has 0 saturated carbocycles. The standard InChI is InChI=1S/C25H33FN2O4S/c1-18(2)16-24(20-6-10-23(32-3)11-7-20)27-25(29)21-12-14-28(15-13-21)33(30,31)17-19-4-8-22(26)9-5-19/h4-11,18,21,24H,12-17H2,1-3H3,(H,27,29)/t24-/m0/s1. The van der Waals surface area contributed by atoms with E-state index in [0.717, 1.165) is 17.7 Å². The SMILES string of the molecule is COc1ccc([C@H](CC(C)C)NC(=O)C2CCN(S(=O)(=O)Cc3ccc(F)cc3)CC2)cc1. The van der Waals surface area contributed by atoms with Gasteiger partial charge < -0.3 is 10.1 Å². The van der Waals surface area contributed by atoms with Gasteiger partial charge in [0, 0.05) is 19.0 Å². The minimum atomic E-state index is -3.52. The minimum absolute atomic E-state index is 0.0351. The lowest BCUT2D eigenvalue weighted by molar-refractivity contribution is -0.127. The van der Waals surface area contributed by atoms with Crippen LogP contribution in [-0.4, -0.2) is 38.8 Å². The molecule has 0 spiro atoms. The van der Waals surface area contributed by atoms with Crippen molar-refractivity contribution in [3.63, 3.8) is 0 Å². The second kappa shape index (κ2) is 11.1. The Balaban J connectivity index is 1.59. The highest BCUT2D eigenvalue weighted by Gasteiger charge is 2.32. The number of amides is 1. The zero-order valence-corrected chi connectivity index (χ0v) is 20.3. The van der Waals surface area contributed by atoms with Gasteiger partial charge in [0.2, 0.25) is 15.9 Å². The minimum Gasteiger partial charge on any atom is -0.497 e. The van der Waals surface area contributed by atoms with E-state index in [2.05, 4.69) is 19.2 Å².